The van der Waals surface area contributed by atoms with E-state index in [-0.39, 0.29) is 5.91 Å². The van der Waals surface area contributed by atoms with Crippen molar-refractivity contribution >= 4 is 5.91 Å². The minimum absolute atomic E-state index is 0.337. The Kier molecular flexibility index (Phi) is 10.3. The average Bonchev–Trinajstić information content (AvgIpc) is 2.68. The van der Waals surface area contributed by atoms with Crippen molar-refractivity contribution in [3.05, 3.63) is 30.3 Å². The number of benzene rings is 1. The molecule has 0 unspecified atom stereocenters. The molecular weight excluding hydrogens is 328 g/mol. The molecule has 0 bridgehead atoms. The van der Waals surface area contributed by atoms with Crippen LogP contribution in [-0.4, -0.2) is 30.3 Å². The van der Waals surface area contributed by atoms with Gasteiger partial charge in [-0.25, -0.2) is 5.48 Å². The van der Waals surface area contributed by atoms with Crippen LogP contribution < -0.4 is 15.5 Å². The van der Waals surface area contributed by atoms with Crippen molar-refractivity contribution in [2.24, 2.45) is 11.3 Å². The first-order valence-corrected chi connectivity index (χ1v) is 9.88. The van der Waals surface area contributed by atoms with Crippen LogP contribution in [-0.2, 0) is 4.79 Å². The molecule has 5 heteroatoms. The number of rotatable bonds is 8. The third-order valence-electron chi connectivity index (χ3n) is 4.85. The molecule has 26 heavy (non-hydrogen) atoms. The lowest BCUT2D eigenvalue weighted by Gasteiger charge is -2.29. The van der Waals surface area contributed by atoms with Gasteiger partial charge in [-0.3, -0.25) is 10.0 Å². The molecule has 148 valence electrons. The maximum atomic E-state index is 11.5. The molecule has 1 aromatic rings. The minimum Gasteiger partial charge on any atom is -0.490 e. The molecule has 2 rings (SSSR count). The fraction of sp³-hybridized carbons (Fsp3) is 0.667. The SMILES string of the molecule is CC.CC(C)(CNCCC1CCC(Oc2ccccc2)CC1)C(=O)NO. The normalized spacial score (nSPS) is 19.9. The largest absolute Gasteiger partial charge is 0.490 e. The standard InChI is InChI=1S/C19H30N2O3.C2H6/c1-19(2,18(22)21-23)14-20-13-12-15-8-10-17(11-9-15)24-16-6-4-3-5-7-16;1-2/h3-7,15,17,20,23H,8-14H2,1-2H3,(H,21,22);1-2H3. The van der Waals surface area contributed by atoms with Gasteiger partial charge in [-0.05, 0) is 70.5 Å². The topological polar surface area (TPSA) is 70.6 Å². The highest BCUT2D eigenvalue weighted by molar-refractivity contribution is 5.80. The molecule has 0 spiro atoms. The van der Waals surface area contributed by atoms with Crippen molar-refractivity contribution < 1.29 is 14.7 Å². The summed E-state index contributed by atoms with van der Waals surface area (Å²) in [6.07, 6.45) is 6.06. The lowest BCUT2D eigenvalue weighted by molar-refractivity contribution is -0.137. The number of para-hydroxylation sites is 1. The highest BCUT2D eigenvalue weighted by Crippen LogP contribution is 2.29. The summed E-state index contributed by atoms with van der Waals surface area (Å²) in [5.41, 5.74) is 1.13. The zero-order valence-corrected chi connectivity index (χ0v) is 16.8. The molecule has 5 nitrogen and oxygen atoms in total. The Morgan fingerprint density at radius 3 is 2.35 bits per heavy atom. The van der Waals surface area contributed by atoms with E-state index in [4.69, 9.17) is 9.94 Å². The van der Waals surface area contributed by atoms with Crippen molar-refractivity contribution in [2.75, 3.05) is 13.1 Å². The number of carbonyl (C=O) groups excluding carboxylic acids is 1. The Bertz CT molecular complexity index is 497. The monoisotopic (exact) mass is 364 g/mol. The Morgan fingerprint density at radius 1 is 1.15 bits per heavy atom. The fourth-order valence-electron chi connectivity index (χ4n) is 3.17. The summed E-state index contributed by atoms with van der Waals surface area (Å²) in [5, 5.41) is 12.1. The quantitative estimate of drug-likeness (QED) is 0.368. The molecule has 0 saturated heterocycles. The predicted molar refractivity (Wildman–Crippen MR) is 105 cm³/mol. The zero-order chi connectivity index (χ0) is 19.4. The zero-order valence-electron chi connectivity index (χ0n) is 16.8. The number of amides is 1. The van der Waals surface area contributed by atoms with Crippen molar-refractivity contribution in [1.29, 1.82) is 0 Å². The first kappa shape index (κ1) is 22.5. The van der Waals surface area contributed by atoms with Gasteiger partial charge < -0.3 is 10.1 Å². The molecule has 1 aliphatic rings. The van der Waals surface area contributed by atoms with Gasteiger partial charge in [-0.15, -0.1) is 0 Å². The number of hydrogen-bond acceptors (Lipinski definition) is 4. The van der Waals surface area contributed by atoms with E-state index in [0.29, 0.717) is 12.6 Å². The van der Waals surface area contributed by atoms with Gasteiger partial charge in [0.25, 0.3) is 0 Å². The van der Waals surface area contributed by atoms with Gasteiger partial charge in [0, 0.05) is 6.54 Å². The van der Waals surface area contributed by atoms with Crippen molar-refractivity contribution in [2.45, 2.75) is 65.9 Å². The number of nitrogens with one attached hydrogen (secondary N) is 2. The second kappa shape index (κ2) is 11.9. The van der Waals surface area contributed by atoms with Crippen LogP contribution in [0.4, 0.5) is 0 Å². The van der Waals surface area contributed by atoms with Crippen LogP contribution in [0.25, 0.3) is 0 Å². The number of hydroxylamine groups is 1. The fourth-order valence-corrected chi connectivity index (χ4v) is 3.17. The van der Waals surface area contributed by atoms with Crippen LogP contribution in [0.5, 0.6) is 5.75 Å². The number of carbonyl (C=O) groups is 1. The molecule has 0 heterocycles. The maximum absolute atomic E-state index is 11.5. The van der Waals surface area contributed by atoms with Crippen LogP contribution in [0.2, 0.25) is 0 Å². The van der Waals surface area contributed by atoms with E-state index < -0.39 is 5.41 Å². The minimum atomic E-state index is -0.601. The van der Waals surface area contributed by atoms with Crippen molar-refractivity contribution in [3.8, 4) is 5.75 Å². The van der Waals surface area contributed by atoms with Crippen LogP contribution in [0.15, 0.2) is 30.3 Å². The molecule has 0 atom stereocenters. The highest BCUT2D eigenvalue weighted by atomic mass is 16.5. The molecule has 0 aromatic heterocycles. The van der Waals surface area contributed by atoms with E-state index in [1.807, 2.05) is 58.0 Å². The maximum Gasteiger partial charge on any atom is 0.250 e. The Labute approximate surface area is 158 Å². The summed E-state index contributed by atoms with van der Waals surface area (Å²) in [5.74, 6) is 1.34. The molecule has 1 fully saturated rings. The molecule has 0 radical (unpaired) electrons. The van der Waals surface area contributed by atoms with E-state index in [1.54, 1.807) is 5.48 Å². The van der Waals surface area contributed by atoms with Crippen LogP contribution in [0, 0.1) is 11.3 Å². The first-order valence-electron chi connectivity index (χ1n) is 9.88. The van der Waals surface area contributed by atoms with E-state index in [2.05, 4.69) is 5.32 Å². The van der Waals surface area contributed by atoms with Gasteiger partial charge in [0.05, 0.1) is 11.5 Å². The molecular formula is C21H36N2O3. The van der Waals surface area contributed by atoms with E-state index in [9.17, 15) is 4.79 Å². The average molecular weight is 365 g/mol. The molecule has 1 aliphatic carbocycles. The third kappa shape index (κ3) is 7.75. The molecule has 1 aromatic carbocycles. The lowest BCUT2D eigenvalue weighted by Crippen LogP contribution is -2.42. The smallest absolute Gasteiger partial charge is 0.250 e. The van der Waals surface area contributed by atoms with Crippen LogP contribution in [0.3, 0.4) is 0 Å². The lowest BCUT2D eigenvalue weighted by atomic mass is 9.85. The summed E-state index contributed by atoms with van der Waals surface area (Å²) in [6, 6.07) is 10.0. The molecule has 1 amide bonds. The van der Waals surface area contributed by atoms with E-state index >= 15 is 0 Å². The van der Waals surface area contributed by atoms with Gasteiger partial charge in [-0.1, -0.05) is 32.0 Å². The molecule has 3 N–H and O–H groups in total. The second-order valence-corrected chi connectivity index (χ2v) is 7.36. The summed E-state index contributed by atoms with van der Waals surface area (Å²) in [6.45, 7) is 9.10. The Morgan fingerprint density at radius 2 is 1.77 bits per heavy atom. The van der Waals surface area contributed by atoms with Crippen molar-refractivity contribution in [3.63, 3.8) is 0 Å². The second-order valence-electron chi connectivity index (χ2n) is 7.36. The van der Waals surface area contributed by atoms with Crippen molar-refractivity contribution in [1.82, 2.24) is 10.8 Å². The summed E-state index contributed by atoms with van der Waals surface area (Å²) in [4.78, 5) is 11.5. The Hall–Kier alpha value is -1.59. The summed E-state index contributed by atoms with van der Waals surface area (Å²) in [7, 11) is 0. The van der Waals surface area contributed by atoms with E-state index in [1.165, 1.54) is 12.8 Å². The van der Waals surface area contributed by atoms with Gasteiger partial charge in [0.15, 0.2) is 0 Å². The predicted octanol–water partition coefficient (Wildman–Crippen LogP) is 4.16. The van der Waals surface area contributed by atoms with Gasteiger partial charge in [-0.2, -0.15) is 0 Å². The van der Waals surface area contributed by atoms with Gasteiger partial charge >= 0.3 is 0 Å². The summed E-state index contributed by atoms with van der Waals surface area (Å²) < 4.78 is 6.03. The van der Waals surface area contributed by atoms with E-state index in [0.717, 1.165) is 37.5 Å². The summed E-state index contributed by atoms with van der Waals surface area (Å²) >= 11 is 0. The molecule has 0 aliphatic heterocycles. The van der Waals surface area contributed by atoms with Gasteiger partial charge in [0.1, 0.15) is 5.75 Å². The first-order chi connectivity index (χ1) is 12.5. The molecule has 1 saturated carbocycles. The third-order valence-corrected chi connectivity index (χ3v) is 4.85. The van der Waals surface area contributed by atoms with Crippen LogP contribution >= 0.6 is 0 Å². The van der Waals surface area contributed by atoms with Crippen LogP contribution in [0.1, 0.15) is 59.8 Å². The highest BCUT2D eigenvalue weighted by Gasteiger charge is 2.27. The van der Waals surface area contributed by atoms with Gasteiger partial charge in [0.2, 0.25) is 5.91 Å². The number of hydrogen-bond donors (Lipinski definition) is 3. The Balaban J connectivity index is 0.00000163. The number of ether oxygens (including phenoxy) is 1.